The molecule has 0 aromatic heterocycles. The lowest BCUT2D eigenvalue weighted by Crippen LogP contribution is -2.36. The van der Waals surface area contributed by atoms with Crippen molar-refractivity contribution in [3.8, 4) is 23.0 Å². The van der Waals surface area contributed by atoms with E-state index in [2.05, 4.69) is 29.2 Å². The average molecular weight is 373 g/mol. The maximum Gasteiger partial charge on any atom is 0.161 e. The molecule has 0 N–H and O–H groups in total. The number of hydrogen-bond donors (Lipinski definition) is 0. The highest BCUT2D eigenvalue weighted by Gasteiger charge is 2.34. The van der Waals surface area contributed by atoms with E-state index in [0.717, 1.165) is 41.8 Å². The highest BCUT2D eigenvalue weighted by Crippen LogP contribution is 2.48. The summed E-state index contributed by atoms with van der Waals surface area (Å²) in [7, 11) is 6.73. The van der Waals surface area contributed by atoms with Crippen molar-refractivity contribution in [2.75, 3.05) is 34.3 Å². The van der Waals surface area contributed by atoms with E-state index in [1.165, 1.54) is 21.6 Å². The molecule has 2 heterocycles. The van der Waals surface area contributed by atoms with Gasteiger partial charge in [-0.2, -0.15) is 0 Å². The lowest BCUT2D eigenvalue weighted by Gasteiger charge is -2.41. The van der Waals surface area contributed by atoms with Crippen molar-refractivity contribution in [3.63, 3.8) is 0 Å². The Labute approximate surface area is 158 Å². The monoisotopic (exact) mass is 373 g/mol. The molecule has 1 atom stereocenters. The molecule has 0 saturated heterocycles. The summed E-state index contributed by atoms with van der Waals surface area (Å²) >= 11 is 1.85. The molecule has 5 nitrogen and oxygen atoms in total. The van der Waals surface area contributed by atoms with Gasteiger partial charge in [-0.1, -0.05) is 0 Å². The zero-order chi connectivity index (χ0) is 18.3. The van der Waals surface area contributed by atoms with Gasteiger partial charge in [0.15, 0.2) is 23.0 Å². The topological polar surface area (TPSA) is 40.2 Å². The number of methoxy groups -OCH3 is 4. The van der Waals surface area contributed by atoms with Crippen molar-refractivity contribution in [1.29, 1.82) is 0 Å². The Kier molecular flexibility index (Phi) is 4.63. The van der Waals surface area contributed by atoms with Crippen molar-refractivity contribution < 1.29 is 18.9 Å². The third kappa shape index (κ3) is 2.77. The van der Waals surface area contributed by atoms with Gasteiger partial charge in [-0.05, 0) is 47.4 Å². The van der Waals surface area contributed by atoms with E-state index in [1.807, 2.05) is 11.8 Å². The first-order chi connectivity index (χ1) is 12.7. The Hall–Kier alpha value is -2.05. The summed E-state index contributed by atoms with van der Waals surface area (Å²) in [4.78, 5) is 3.78. The largest absolute Gasteiger partial charge is 0.493 e. The molecular formula is C20H23NO4S. The second-order valence-corrected chi connectivity index (χ2v) is 7.45. The molecule has 2 aliphatic rings. The fourth-order valence-corrected chi connectivity index (χ4v) is 4.95. The Balaban J connectivity index is 1.75. The molecule has 4 rings (SSSR count). The van der Waals surface area contributed by atoms with Gasteiger partial charge in [0.1, 0.15) is 0 Å². The molecule has 0 bridgehead atoms. The number of rotatable bonds is 4. The molecule has 2 aliphatic heterocycles. The fraction of sp³-hybridized carbons (Fsp3) is 0.400. The molecule has 2 aromatic carbocycles. The maximum atomic E-state index is 5.53. The van der Waals surface area contributed by atoms with Crippen LogP contribution in [-0.4, -0.2) is 39.2 Å². The van der Waals surface area contributed by atoms with Crippen molar-refractivity contribution in [3.05, 3.63) is 41.0 Å². The SMILES string of the molecule is COc1cc2c(cc1OC)CN1CSc3cc(OC)c(OC)cc3C1C2. The van der Waals surface area contributed by atoms with Gasteiger partial charge in [0, 0.05) is 17.5 Å². The van der Waals surface area contributed by atoms with Crippen LogP contribution in [0.2, 0.25) is 0 Å². The van der Waals surface area contributed by atoms with Gasteiger partial charge in [-0.3, -0.25) is 4.90 Å². The van der Waals surface area contributed by atoms with Crippen molar-refractivity contribution >= 4 is 11.8 Å². The summed E-state index contributed by atoms with van der Waals surface area (Å²) in [5.41, 5.74) is 3.93. The highest BCUT2D eigenvalue weighted by atomic mass is 32.2. The zero-order valence-electron chi connectivity index (χ0n) is 15.5. The van der Waals surface area contributed by atoms with E-state index >= 15 is 0 Å². The minimum Gasteiger partial charge on any atom is -0.493 e. The molecule has 2 aromatic rings. The summed E-state index contributed by atoms with van der Waals surface area (Å²) in [6.45, 7) is 0.904. The average Bonchev–Trinajstić information content (AvgIpc) is 2.69. The maximum absolute atomic E-state index is 5.53. The van der Waals surface area contributed by atoms with Crippen LogP contribution in [0, 0.1) is 0 Å². The summed E-state index contributed by atoms with van der Waals surface area (Å²) in [6.07, 6.45) is 0.943. The number of nitrogens with zero attached hydrogens (tertiary/aromatic N) is 1. The summed E-state index contributed by atoms with van der Waals surface area (Å²) in [5.74, 6) is 4.11. The molecule has 0 fully saturated rings. The standard InChI is InChI=1S/C20H23NO4S/c1-22-16-6-12-5-15-14-8-18(24-3)19(25-4)9-20(14)26-11-21(15)10-13(12)7-17(16)23-2/h6-9,15H,5,10-11H2,1-4H3. The lowest BCUT2D eigenvalue weighted by molar-refractivity contribution is 0.198. The molecule has 6 heteroatoms. The Bertz CT molecular complexity index is 839. The van der Waals surface area contributed by atoms with Gasteiger partial charge in [0.2, 0.25) is 0 Å². The lowest BCUT2D eigenvalue weighted by atomic mass is 9.89. The number of benzene rings is 2. The second-order valence-electron chi connectivity index (χ2n) is 6.46. The van der Waals surface area contributed by atoms with Crippen LogP contribution in [0.5, 0.6) is 23.0 Å². The quantitative estimate of drug-likeness (QED) is 0.810. The van der Waals surface area contributed by atoms with Gasteiger partial charge >= 0.3 is 0 Å². The fourth-order valence-electron chi connectivity index (χ4n) is 3.82. The zero-order valence-corrected chi connectivity index (χ0v) is 16.3. The van der Waals surface area contributed by atoms with Gasteiger partial charge in [0.25, 0.3) is 0 Å². The summed E-state index contributed by atoms with van der Waals surface area (Å²) in [6, 6.07) is 8.79. The number of thioether (sulfide) groups is 1. The highest BCUT2D eigenvalue weighted by molar-refractivity contribution is 7.99. The molecule has 0 radical (unpaired) electrons. The molecule has 138 valence electrons. The van der Waals surface area contributed by atoms with E-state index in [0.29, 0.717) is 6.04 Å². The first-order valence-corrected chi connectivity index (χ1v) is 9.53. The molecule has 0 amide bonds. The van der Waals surface area contributed by atoms with Crippen LogP contribution in [0.1, 0.15) is 22.7 Å². The van der Waals surface area contributed by atoms with Crippen molar-refractivity contribution in [2.24, 2.45) is 0 Å². The predicted molar refractivity (Wildman–Crippen MR) is 102 cm³/mol. The number of hydrogen-bond acceptors (Lipinski definition) is 6. The number of ether oxygens (including phenoxy) is 4. The van der Waals surface area contributed by atoms with Gasteiger partial charge in [-0.25, -0.2) is 0 Å². The van der Waals surface area contributed by atoms with Crippen LogP contribution in [-0.2, 0) is 13.0 Å². The molecule has 0 spiro atoms. The van der Waals surface area contributed by atoms with Crippen molar-refractivity contribution in [2.45, 2.75) is 23.9 Å². The van der Waals surface area contributed by atoms with Crippen LogP contribution in [0.4, 0.5) is 0 Å². The third-order valence-electron chi connectivity index (χ3n) is 5.19. The van der Waals surface area contributed by atoms with Gasteiger partial charge < -0.3 is 18.9 Å². The number of fused-ring (bicyclic) bond motifs is 4. The summed E-state index contributed by atoms with van der Waals surface area (Å²) in [5, 5.41) is 0. The van der Waals surface area contributed by atoms with E-state index in [9.17, 15) is 0 Å². The summed E-state index contributed by atoms with van der Waals surface area (Å²) < 4.78 is 22.0. The van der Waals surface area contributed by atoms with Gasteiger partial charge in [0.05, 0.1) is 34.3 Å². The van der Waals surface area contributed by atoms with Crippen LogP contribution in [0.15, 0.2) is 29.2 Å². The van der Waals surface area contributed by atoms with Crippen LogP contribution < -0.4 is 18.9 Å². The molecule has 0 aliphatic carbocycles. The first-order valence-electron chi connectivity index (χ1n) is 8.55. The van der Waals surface area contributed by atoms with Crippen LogP contribution in [0.25, 0.3) is 0 Å². The predicted octanol–water partition coefficient (Wildman–Crippen LogP) is 3.88. The molecule has 26 heavy (non-hydrogen) atoms. The van der Waals surface area contributed by atoms with E-state index < -0.39 is 0 Å². The van der Waals surface area contributed by atoms with Crippen molar-refractivity contribution in [1.82, 2.24) is 4.90 Å². The molecule has 1 unspecified atom stereocenters. The first kappa shape index (κ1) is 17.4. The molecular weight excluding hydrogens is 350 g/mol. The van der Waals surface area contributed by atoms with Crippen LogP contribution in [0.3, 0.4) is 0 Å². The smallest absolute Gasteiger partial charge is 0.161 e. The van der Waals surface area contributed by atoms with Crippen LogP contribution >= 0.6 is 11.8 Å². The minimum atomic E-state index is 0.330. The third-order valence-corrected chi connectivity index (χ3v) is 6.32. The van der Waals surface area contributed by atoms with Gasteiger partial charge in [-0.15, -0.1) is 11.8 Å². The van der Waals surface area contributed by atoms with E-state index in [-0.39, 0.29) is 0 Å². The Morgan fingerprint density at radius 2 is 1.38 bits per heavy atom. The minimum absolute atomic E-state index is 0.330. The Morgan fingerprint density at radius 3 is 2.04 bits per heavy atom. The Morgan fingerprint density at radius 1 is 0.808 bits per heavy atom. The van der Waals surface area contributed by atoms with E-state index in [1.54, 1.807) is 28.4 Å². The van der Waals surface area contributed by atoms with E-state index in [4.69, 9.17) is 18.9 Å². The normalized spacial score (nSPS) is 18.4. The second kappa shape index (κ2) is 6.93. The molecule has 0 saturated carbocycles.